The van der Waals surface area contributed by atoms with Crippen LogP contribution in [0.2, 0.25) is 0 Å². The number of thioether (sulfide) groups is 1. The maximum Gasteiger partial charge on any atom is 0.251 e. The van der Waals surface area contributed by atoms with E-state index in [1.807, 2.05) is 0 Å². The third-order valence-corrected chi connectivity index (χ3v) is 6.99. The predicted octanol–water partition coefficient (Wildman–Crippen LogP) is 4.59. The second-order valence-corrected chi connectivity index (χ2v) is 10.3. The smallest absolute Gasteiger partial charge is 0.251 e. The molecule has 33 heavy (non-hydrogen) atoms. The van der Waals surface area contributed by atoms with Gasteiger partial charge in [-0.25, -0.2) is 17.2 Å². The number of rotatable bonds is 10. The van der Waals surface area contributed by atoms with E-state index in [0.717, 1.165) is 10.6 Å². The molecule has 0 atom stereocenters. The van der Waals surface area contributed by atoms with Gasteiger partial charge in [0.05, 0.1) is 18.5 Å². The van der Waals surface area contributed by atoms with Gasteiger partial charge >= 0.3 is 0 Å². The third-order valence-electron chi connectivity index (χ3n) is 4.84. The standard InChI is InChI=1S/C24H24F2N2O3S2/c1-33(30,31)28(16-19-6-2-4-8-22(19)25)21-12-10-18(11-13-21)24(29)27-14-15-32-17-20-7-3-5-9-23(20)26/h2-13H,14-17H2,1H3,(H,27,29). The minimum absolute atomic E-state index is 0.156. The summed E-state index contributed by atoms with van der Waals surface area (Å²) in [5, 5.41) is 2.79. The van der Waals surface area contributed by atoms with Crippen molar-refractivity contribution in [3.8, 4) is 0 Å². The van der Waals surface area contributed by atoms with E-state index in [9.17, 15) is 22.0 Å². The van der Waals surface area contributed by atoms with Crippen LogP contribution in [0.4, 0.5) is 14.5 Å². The lowest BCUT2D eigenvalue weighted by Crippen LogP contribution is -2.30. The lowest BCUT2D eigenvalue weighted by molar-refractivity contribution is 0.0956. The molecule has 0 saturated carbocycles. The molecule has 3 aromatic rings. The first-order valence-electron chi connectivity index (χ1n) is 10.2. The van der Waals surface area contributed by atoms with Crippen LogP contribution in [0.1, 0.15) is 21.5 Å². The van der Waals surface area contributed by atoms with Gasteiger partial charge in [0.25, 0.3) is 5.91 Å². The predicted molar refractivity (Wildman–Crippen MR) is 129 cm³/mol. The van der Waals surface area contributed by atoms with Gasteiger partial charge in [-0.05, 0) is 42.0 Å². The Labute approximate surface area is 196 Å². The molecule has 0 spiro atoms. The maximum absolute atomic E-state index is 14.0. The average Bonchev–Trinajstić information content (AvgIpc) is 2.78. The number of nitrogens with zero attached hydrogens (tertiary/aromatic N) is 1. The largest absolute Gasteiger partial charge is 0.351 e. The molecule has 0 heterocycles. The minimum atomic E-state index is -3.68. The van der Waals surface area contributed by atoms with Crippen molar-refractivity contribution in [2.45, 2.75) is 12.3 Å². The van der Waals surface area contributed by atoms with E-state index in [1.54, 1.807) is 24.3 Å². The van der Waals surface area contributed by atoms with Gasteiger partial charge in [-0.1, -0.05) is 36.4 Å². The van der Waals surface area contributed by atoms with Crippen molar-refractivity contribution in [1.82, 2.24) is 5.32 Å². The number of hydrogen-bond acceptors (Lipinski definition) is 4. The Kier molecular flexibility index (Phi) is 8.46. The SMILES string of the molecule is CS(=O)(=O)N(Cc1ccccc1F)c1ccc(C(=O)NCCSCc2ccccc2F)cc1. The lowest BCUT2D eigenvalue weighted by atomic mass is 10.1. The Hall–Kier alpha value is -2.91. The van der Waals surface area contributed by atoms with Gasteiger partial charge in [0.2, 0.25) is 10.0 Å². The van der Waals surface area contributed by atoms with Crippen LogP contribution in [0.3, 0.4) is 0 Å². The highest BCUT2D eigenvalue weighted by molar-refractivity contribution is 7.98. The normalized spacial score (nSPS) is 11.2. The zero-order valence-corrected chi connectivity index (χ0v) is 19.6. The van der Waals surface area contributed by atoms with Crippen LogP contribution in [0.15, 0.2) is 72.8 Å². The molecule has 0 aromatic heterocycles. The zero-order chi connectivity index (χ0) is 23.8. The van der Waals surface area contributed by atoms with Crippen LogP contribution in [-0.4, -0.2) is 32.9 Å². The summed E-state index contributed by atoms with van der Waals surface area (Å²) in [4.78, 5) is 12.4. The number of nitrogens with one attached hydrogen (secondary N) is 1. The fourth-order valence-corrected chi connectivity index (χ4v) is 4.82. The number of amides is 1. The highest BCUT2D eigenvalue weighted by Crippen LogP contribution is 2.22. The molecule has 0 fully saturated rings. The van der Waals surface area contributed by atoms with Gasteiger partial charge < -0.3 is 5.32 Å². The Morgan fingerprint density at radius 3 is 2.06 bits per heavy atom. The number of sulfonamides is 1. The second kappa shape index (κ2) is 11.3. The van der Waals surface area contributed by atoms with Gasteiger partial charge in [0.1, 0.15) is 11.6 Å². The van der Waals surface area contributed by atoms with Crippen molar-refractivity contribution in [2.75, 3.05) is 22.9 Å². The topological polar surface area (TPSA) is 66.5 Å². The maximum atomic E-state index is 14.0. The first-order valence-corrected chi connectivity index (χ1v) is 13.2. The highest BCUT2D eigenvalue weighted by Gasteiger charge is 2.20. The van der Waals surface area contributed by atoms with Crippen molar-refractivity contribution < 1.29 is 22.0 Å². The molecular weight excluding hydrogens is 466 g/mol. The first kappa shape index (κ1) is 24.7. The molecule has 0 aliphatic carbocycles. The summed E-state index contributed by atoms with van der Waals surface area (Å²) in [5.41, 5.74) is 1.57. The zero-order valence-electron chi connectivity index (χ0n) is 18.0. The monoisotopic (exact) mass is 490 g/mol. The number of hydrogen-bond donors (Lipinski definition) is 1. The summed E-state index contributed by atoms with van der Waals surface area (Å²) in [7, 11) is -3.68. The van der Waals surface area contributed by atoms with Crippen molar-refractivity contribution >= 4 is 33.4 Å². The molecule has 0 bridgehead atoms. The molecule has 174 valence electrons. The van der Waals surface area contributed by atoms with E-state index in [4.69, 9.17) is 0 Å². The number of halogens is 2. The summed E-state index contributed by atoms with van der Waals surface area (Å²) in [5.74, 6) is 0.0961. The van der Waals surface area contributed by atoms with E-state index in [0.29, 0.717) is 34.9 Å². The van der Waals surface area contributed by atoms with Crippen molar-refractivity contribution in [3.63, 3.8) is 0 Å². The Morgan fingerprint density at radius 2 is 1.48 bits per heavy atom. The summed E-state index contributed by atoms with van der Waals surface area (Å²) in [6.45, 7) is 0.249. The molecule has 1 amide bonds. The summed E-state index contributed by atoms with van der Waals surface area (Å²) >= 11 is 1.51. The number of anilines is 1. The van der Waals surface area contributed by atoms with E-state index in [1.165, 1.54) is 60.3 Å². The quantitative estimate of drug-likeness (QED) is 0.422. The van der Waals surface area contributed by atoms with Crippen LogP contribution in [0, 0.1) is 11.6 Å². The van der Waals surface area contributed by atoms with Crippen LogP contribution in [-0.2, 0) is 22.3 Å². The molecule has 0 radical (unpaired) electrons. The molecule has 3 rings (SSSR count). The van der Waals surface area contributed by atoms with E-state index < -0.39 is 15.8 Å². The molecule has 1 N–H and O–H groups in total. The molecule has 0 aliphatic heterocycles. The van der Waals surface area contributed by atoms with E-state index in [-0.39, 0.29) is 23.8 Å². The molecule has 3 aromatic carbocycles. The average molecular weight is 491 g/mol. The summed E-state index contributed by atoms with van der Waals surface area (Å²) in [6, 6.07) is 18.6. The summed E-state index contributed by atoms with van der Waals surface area (Å²) < 4.78 is 53.3. The minimum Gasteiger partial charge on any atom is -0.351 e. The fourth-order valence-electron chi connectivity index (χ4n) is 3.10. The third kappa shape index (κ3) is 7.03. The molecular formula is C24H24F2N2O3S2. The van der Waals surface area contributed by atoms with Crippen molar-refractivity contribution in [1.29, 1.82) is 0 Å². The van der Waals surface area contributed by atoms with Crippen LogP contribution in [0.5, 0.6) is 0 Å². The van der Waals surface area contributed by atoms with Gasteiger partial charge in [0, 0.05) is 29.2 Å². The van der Waals surface area contributed by atoms with Crippen LogP contribution < -0.4 is 9.62 Å². The fraction of sp³-hybridized carbons (Fsp3) is 0.208. The number of carbonyl (C=O) groups is 1. The highest BCUT2D eigenvalue weighted by atomic mass is 32.2. The molecule has 9 heteroatoms. The van der Waals surface area contributed by atoms with Crippen LogP contribution in [0.25, 0.3) is 0 Å². The Balaban J connectivity index is 1.56. The van der Waals surface area contributed by atoms with Crippen LogP contribution >= 0.6 is 11.8 Å². The second-order valence-electron chi connectivity index (χ2n) is 7.31. The van der Waals surface area contributed by atoms with E-state index in [2.05, 4.69) is 5.32 Å². The lowest BCUT2D eigenvalue weighted by Gasteiger charge is -2.23. The Morgan fingerprint density at radius 1 is 0.909 bits per heavy atom. The van der Waals surface area contributed by atoms with Gasteiger partial charge in [-0.2, -0.15) is 11.8 Å². The van der Waals surface area contributed by atoms with Gasteiger partial charge in [0.15, 0.2) is 0 Å². The van der Waals surface area contributed by atoms with Gasteiger partial charge in [-0.15, -0.1) is 0 Å². The molecule has 0 saturated heterocycles. The number of carbonyl (C=O) groups excluding carboxylic acids is 1. The van der Waals surface area contributed by atoms with E-state index >= 15 is 0 Å². The van der Waals surface area contributed by atoms with Gasteiger partial charge in [-0.3, -0.25) is 9.10 Å². The first-order chi connectivity index (χ1) is 15.8. The molecule has 0 aliphatic rings. The van der Waals surface area contributed by atoms with Crippen molar-refractivity contribution in [3.05, 3.63) is 101 Å². The summed E-state index contributed by atoms with van der Waals surface area (Å²) in [6.07, 6.45) is 1.05. The molecule has 0 unspecified atom stereocenters. The van der Waals surface area contributed by atoms with Crippen molar-refractivity contribution in [2.24, 2.45) is 0 Å². The Bertz CT molecular complexity index is 1200. The molecule has 5 nitrogen and oxygen atoms in total. The number of benzene rings is 3.